The van der Waals surface area contributed by atoms with Crippen molar-refractivity contribution in [3.8, 4) is 0 Å². The van der Waals surface area contributed by atoms with Gasteiger partial charge >= 0.3 is 16.5 Å². The summed E-state index contributed by atoms with van der Waals surface area (Å²) in [4.78, 5) is 21.2. The van der Waals surface area contributed by atoms with Crippen LogP contribution in [-0.4, -0.2) is 11.9 Å². The van der Waals surface area contributed by atoms with Gasteiger partial charge in [0.25, 0.3) is 0 Å². The molecule has 0 aromatic carbocycles. The van der Waals surface area contributed by atoms with E-state index < -0.39 is 11.9 Å². The molecule has 2 fully saturated rings. The van der Waals surface area contributed by atoms with Gasteiger partial charge in [0, 0.05) is 11.9 Å². The molecule has 160 valence electrons. The van der Waals surface area contributed by atoms with Gasteiger partial charge in [-0.3, -0.25) is 0 Å². The topological polar surface area (TPSA) is 80.3 Å². The molecule has 0 aromatic heterocycles. The molecule has 0 saturated heterocycles. The van der Waals surface area contributed by atoms with Gasteiger partial charge in [-0.2, -0.15) is 0 Å². The van der Waals surface area contributed by atoms with Crippen LogP contribution >= 0.6 is 0 Å². The van der Waals surface area contributed by atoms with Gasteiger partial charge in [0.1, 0.15) is 0 Å². The molecule has 5 heteroatoms. The monoisotopic (exact) mass is 424 g/mol. The Bertz CT molecular complexity index is 416. The average molecular weight is 425 g/mol. The first-order chi connectivity index (χ1) is 11.8. The van der Waals surface area contributed by atoms with E-state index in [2.05, 4.69) is 41.5 Å². The molecule has 0 amide bonds. The summed E-state index contributed by atoms with van der Waals surface area (Å²) in [6.45, 7) is 13.4. The van der Waals surface area contributed by atoms with Crippen LogP contribution < -0.4 is 10.2 Å². The van der Waals surface area contributed by atoms with E-state index in [1.807, 2.05) is 0 Å². The van der Waals surface area contributed by atoms with Crippen LogP contribution in [0.1, 0.15) is 92.9 Å². The molecule has 2 aliphatic carbocycles. The third-order valence-electron chi connectivity index (χ3n) is 6.57. The maximum Gasteiger partial charge on any atom is 2.00 e. The van der Waals surface area contributed by atoms with E-state index in [0.29, 0.717) is 22.7 Å². The molecule has 0 aromatic rings. The van der Waals surface area contributed by atoms with Crippen molar-refractivity contribution in [2.24, 2.45) is 34.5 Å². The Hall–Kier alpha value is -0.566. The normalized spacial score (nSPS) is 29.0. The molecule has 2 saturated carbocycles. The Balaban J connectivity index is 0.000000483. The number of carboxylic acid groups (broad SMARTS) is 2. The molecular formula is C22H38NiO4. The first kappa shape index (κ1) is 26.4. The maximum absolute atomic E-state index is 10.6. The molecule has 4 nitrogen and oxygen atoms in total. The number of carbonyl (C=O) groups excluding carboxylic acids is 2. The van der Waals surface area contributed by atoms with Crippen molar-refractivity contribution in [3.63, 3.8) is 0 Å². The minimum atomic E-state index is -0.854. The van der Waals surface area contributed by atoms with Crippen molar-refractivity contribution < 1.29 is 36.3 Å². The Morgan fingerprint density at radius 3 is 0.963 bits per heavy atom. The molecule has 2 aliphatic rings. The predicted molar refractivity (Wildman–Crippen MR) is 99.8 cm³/mol. The second-order valence-corrected chi connectivity index (χ2v) is 10.5. The summed E-state index contributed by atoms with van der Waals surface area (Å²) in [7, 11) is 0. The first-order valence-electron chi connectivity index (χ1n) is 10.2. The van der Waals surface area contributed by atoms with Crippen LogP contribution in [0.5, 0.6) is 0 Å². The zero-order valence-corrected chi connectivity index (χ0v) is 18.9. The standard InChI is InChI=1S/2C11H20O2.Ni/c2*1-11(2,3)9-6-4-8(5-7-9)10(12)13;/h2*8-9H,4-7H2,1-3H3,(H,12,13);/q;;+2/p-2. The van der Waals surface area contributed by atoms with Crippen molar-refractivity contribution >= 4 is 11.9 Å². The summed E-state index contributed by atoms with van der Waals surface area (Å²) in [5, 5.41) is 21.2. The quantitative estimate of drug-likeness (QED) is 0.637. The number of aliphatic carboxylic acids is 2. The summed E-state index contributed by atoms with van der Waals surface area (Å²) in [6, 6.07) is 0. The third-order valence-corrected chi connectivity index (χ3v) is 6.57. The van der Waals surface area contributed by atoms with Gasteiger partial charge in [-0.1, -0.05) is 41.5 Å². The smallest absolute Gasteiger partial charge is 0.550 e. The van der Waals surface area contributed by atoms with Crippen molar-refractivity contribution in [1.29, 1.82) is 0 Å². The molecule has 27 heavy (non-hydrogen) atoms. The van der Waals surface area contributed by atoms with Crippen LogP contribution in [0.15, 0.2) is 0 Å². The molecule has 0 spiro atoms. The largest absolute Gasteiger partial charge is 2.00 e. The third kappa shape index (κ3) is 8.98. The van der Waals surface area contributed by atoms with Gasteiger partial charge in [0.2, 0.25) is 0 Å². The molecule has 0 aliphatic heterocycles. The zero-order chi connectivity index (χ0) is 20.1. The van der Waals surface area contributed by atoms with Crippen LogP contribution in [0, 0.1) is 34.5 Å². The molecule has 0 heterocycles. The summed E-state index contributed by atoms with van der Waals surface area (Å²) in [5.41, 5.74) is 0.661. The van der Waals surface area contributed by atoms with Crippen LogP contribution in [0.4, 0.5) is 0 Å². The molecule has 0 bridgehead atoms. The van der Waals surface area contributed by atoms with Crippen molar-refractivity contribution in [3.05, 3.63) is 0 Å². The number of hydrogen-bond acceptors (Lipinski definition) is 4. The molecule has 0 N–H and O–H groups in total. The second-order valence-electron chi connectivity index (χ2n) is 10.5. The average Bonchev–Trinajstić information content (AvgIpc) is 2.54. The van der Waals surface area contributed by atoms with Gasteiger partial charge in [-0.05, 0) is 85.9 Å². The van der Waals surface area contributed by atoms with E-state index in [-0.39, 0.29) is 28.3 Å². The molecule has 2 rings (SSSR count). The van der Waals surface area contributed by atoms with Crippen molar-refractivity contribution in [1.82, 2.24) is 0 Å². The maximum atomic E-state index is 10.6. The molecule has 0 atom stereocenters. The van der Waals surface area contributed by atoms with E-state index in [9.17, 15) is 19.8 Å². The van der Waals surface area contributed by atoms with Gasteiger partial charge in [0.15, 0.2) is 0 Å². The summed E-state index contributed by atoms with van der Waals surface area (Å²) in [5.74, 6) is -0.705. The van der Waals surface area contributed by atoms with Crippen molar-refractivity contribution in [2.45, 2.75) is 92.9 Å². The summed E-state index contributed by atoms with van der Waals surface area (Å²) in [6.07, 6.45) is 7.41. The van der Waals surface area contributed by atoms with Gasteiger partial charge < -0.3 is 19.8 Å². The van der Waals surface area contributed by atoms with Gasteiger partial charge in [-0.15, -0.1) is 0 Å². The van der Waals surface area contributed by atoms with Crippen LogP contribution in [-0.2, 0) is 26.1 Å². The Kier molecular flexibility index (Phi) is 10.6. The predicted octanol–water partition coefficient (Wildman–Crippen LogP) is 3.18. The number of rotatable bonds is 2. The minimum Gasteiger partial charge on any atom is -0.550 e. The Labute approximate surface area is 175 Å². The fraction of sp³-hybridized carbons (Fsp3) is 0.909. The number of carbonyl (C=O) groups is 2. The zero-order valence-electron chi connectivity index (χ0n) is 17.9. The summed E-state index contributed by atoms with van der Waals surface area (Å²) < 4.78 is 0. The van der Waals surface area contributed by atoms with E-state index in [4.69, 9.17) is 0 Å². The molecule has 0 radical (unpaired) electrons. The Morgan fingerprint density at radius 1 is 0.593 bits per heavy atom. The first-order valence-corrected chi connectivity index (χ1v) is 10.2. The van der Waals surface area contributed by atoms with Crippen molar-refractivity contribution in [2.75, 3.05) is 0 Å². The minimum absolute atomic E-state index is 0. The SMILES string of the molecule is CC(C)(C)C1CCC(C(=O)[O-])CC1.CC(C)(C)C1CCC(C(=O)[O-])CC1.[Ni+2]. The molecule has 0 unspecified atom stereocenters. The molecular weight excluding hydrogens is 387 g/mol. The number of hydrogen-bond donors (Lipinski definition) is 0. The van der Waals surface area contributed by atoms with E-state index in [1.165, 1.54) is 0 Å². The second kappa shape index (κ2) is 10.8. The van der Waals surface area contributed by atoms with Crippen LogP contribution in [0.3, 0.4) is 0 Å². The van der Waals surface area contributed by atoms with Crippen LogP contribution in [0.2, 0.25) is 0 Å². The van der Waals surface area contributed by atoms with Gasteiger partial charge in [-0.25, -0.2) is 0 Å². The summed E-state index contributed by atoms with van der Waals surface area (Å²) >= 11 is 0. The fourth-order valence-corrected chi connectivity index (χ4v) is 4.39. The van der Waals surface area contributed by atoms with E-state index in [1.54, 1.807) is 0 Å². The fourth-order valence-electron chi connectivity index (χ4n) is 4.39. The Morgan fingerprint density at radius 2 is 0.815 bits per heavy atom. The van der Waals surface area contributed by atoms with Gasteiger partial charge in [0.05, 0.1) is 0 Å². The van der Waals surface area contributed by atoms with Crippen LogP contribution in [0.25, 0.3) is 0 Å². The number of carboxylic acids is 2. The van der Waals surface area contributed by atoms with E-state index >= 15 is 0 Å². The van der Waals surface area contributed by atoms with E-state index in [0.717, 1.165) is 51.4 Å².